The van der Waals surface area contributed by atoms with Gasteiger partial charge < -0.3 is 0 Å². The van der Waals surface area contributed by atoms with Crippen molar-refractivity contribution in [2.24, 2.45) is 0 Å². The van der Waals surface area contributed by atoms with E-state index in [1.165, 1.54) is 17.8 Å². The van der Waals surface area contributed by atoms with E-state index in [9.17, 15) is 0 Å². The van der Waals surface area contributed by atoms with Crippen LogP contribution in [0.4, 0.5) is 0 Å². The van der Waals surface area contributed by atoms with Gasteiger partial charge in [-0.25, -0.2) is 0 Å². The van der Waals surface area contributed by atoms with Crippen LogP contribution < -0.4 is 0 Å². The van der Waals surface area contributed by atoms with Crippen molar-refractivity contribution >= 4 is 11.3 Å². The second-order valence-electron chi connectivity index (χ2n) is 3.65. The maximum absolute atomic E-state index is 2.43. The number of nitrogens with zero attached hydrogens (tertiary/aromatic N) is 1. The van der Waals surface area contributed by atoms with E-state index < -0.39 is 0 Å². The molecule has 0 spiro atoms. The molecule has 0 fully saturated rings. The fourth-order valence-corrected chi connectivity index (χ4v) is 3.02. The van der Waals surface area contributed by atoms with Crippen LogP contribution >= 0.6 is 11.3 Å². The Labute approximate surface area is 78.0 Å². The van der Waals surface area contributed by atoms with Crippen LogP contribution in [0.15, 0.2) is 6.07 Å². The minimum absolute atomic E-state index is 0.632. The third-order valence-electron chi connectivity index (χ3n) is 2.74. The predicted molar refractivity (Wildman–Crippen MR) is 53.8 cm³/mol. The van der Waals surface area contributed by atoms with Gasteiger partial charge in [-0.15, -0.1) is 11.3 Å². The van der Waals surface area contributed by atoms with Crippen molar-refractivity contribution in [1.29, 1.82) is 0 Å². The molecule has 12 heavy (non-hydrogen) atoms. The van der Waals surface area contributed by atoms with Gasteiger partial charge in [0.2, 0.25) is 0 Å². The highest BCUT2D eigenvalue weighted by Crippen LogP contribution is 2.34. The highest BCUT2D eigenvalue weighted by atomic mass is 32.1. The smallest absolute Gasteiger partial charge is 0.0413 e. The molecule has 1 atom stereocenters. The van der Waals surface area contributed by atoms with Gasteiger partial charge in [0, 0.05) is 22.3 Å². The number of hydrogen-bond donors (Lipinski definition) is 0. The number of rotatable bonds is 0. The third kappa shape index (κ3) is 1.19. The van der Waals surface area contributed by atoms with E-state index in [0.29, 0.717) is 6.04 Å². The zero-order valence-corrected chi connectivity index (χ0v) is 8.74. The Bertz CT molecular complexity index is 290. The van der Waals surface area contributed by atoms with Crippen LogP contribution in [-0.4, -0.2) is 18.5 Å². The van der Waals surface area contributed by atoms with Crippen LogP contribution in [0.3, 0.4) is 0 Å². The van der Waals surface area contributed by atoms with Crippen molar-refractivity contribution in [3.63, 3.8) is 0 Å². The standard InChI is InChI=1S/C10H15NS/c1-7-6-9-4-5-11(3)8(2)10(9)12-7/h6,8H,4-5H2,1-3H3. The Balaban J connectivity index is 2.41. The molecular weight excluding hydrogens is 166 g/mol. The van der Waals surface area contributed by atoms with Crippen molar-refractivity contribution in [3.05, 3.63) is 21.4 Å². The lowest BCUT2D eigenvalue weighted by atomic mass is 10.0. The normalized spacial score (nSPS) is 24.1. The van der Waals surface area contributed by atoms with E-state index in [-0.39, 0.29) is 0 Å². The minimum atomic E-state index is 0.632. The van der Waals surface area contributed by atoms with E-state index in [4.69, 9.17) is 0 Å². The van der Waals surface area contributed by atoms with Gasteiger partial charge in [-0.1, -0.05) is 0 Å². The zero-order valence-electron chi connectivity index (χ0n) is 7.92. The van der Waals surface area contributed by atoms with Gasteiger partial charge in [0.05, 0.1) is 0 Å². The molecule has 0 saturated carbocycles. The molecule has 0 aromatic carbocycles. The van der Waals surface area contributed by atoms with Gasteiger partial charge in [0.25, 0.3) is 0 Å². The fraction of sp³-hybridized carbons (Fsp3) is 0.600. The molecular formula is C10H15NS. The summed E-state index contributed by atoms with van der Waals surface area (Å²) in [6, 6.07) is 2.98. The summed E-state index contributed by atoms with van der Waals surface area (Å²) >= 11 is 1.96. The first kappa shape index (κ1) is 8.27. The Morgan fingerprint density at radius 3 is 3.08 bits per heavy atom. The lowest BCUT2D eigenvalue weighted by molar-refractivity contribution is 0.252. The average Bonchev–Trinajstić information content (AvgIpc) is 2.39. The van der Waals surface area contributed by atoms with Gasteiger partial charge >= 0.3 is 0 Å². The molecule has 66 valence electrons. The molecule has 0 amide bonds. The molecule has 1 aromatic heterocycles. The van der Waals surface area contributed by atoms with E-state index in [0.717, 1.165) is 0 Å². The second-order valence-corrected chi connectivity index (χ2v) is 4.94. The number of hydrogen-bond acceptors (Lipinski definition) is 2. The molecule has 1 aliphatic rings. The summed E-state index contributed by atoms with van der Waals surface area (Å²) in [5, 5.41) is 0. The summed E-state index contributed by atoms with van der Waals surface area (Å²) in [6.45, 7) is 5.72. The minimum Gasteiger partial charge on any atom is -0.298 e. The number of thiophene rings is 1. The van der Waals surface area contributed by atoms with Crippen molar-refractivity contribution < 1.29 is 0 Å². The van der Waals surface area contributed by atoms with Crippen molar-refractivity contribution in [3.8, 4) is 0 Å². The van der Waals surface area contributed by atoms with Gasteiger partial charge in [0.1, 0.15) is 0 Å². The Morgan fingerprint density at radius 2 is 2.33 bits per heavy atom. The first-order chi connectivity index (χ1) is 5.68. The Kier molecular flexibility index (Phi) is 1.97. The largest absolute Gasteiger partial charge is 0.298 e. The van der Waals surface area contributed by atoms with Gasteiger partial charge in [-0.2, -0.15) is 0 Å². The third-order valence-corrected chi connectivity index (χ3v) is 4.00. The summed E-state index contributed by atoms with van der Waals surface area (Å²) in [7, 11) is 2.21. The number of fused-ring (bicyclic) bond motifs is 1. The first-order valence-corrected chi connectivity index (χ1v) is 5.29. The Morgan fingerprint density at radius 1 is 1.58 bits per heavy atom. The van der Waals surface area contributed by atoms with Crippen LogP contribution in [-0.2, 0) is 6.42 Å². The lowest BCUT2D eigenvalue weighted by Gasteiger charge is -2.29. The highest BCUT2D eigenvalue weighted by Gasteiger charge is 2.22. The summed E-state index contributed by atoms with van der Waals surface area (Å²) in [4.78, 5) is 5.47. The second kappa shape index (κ2) is 2.86. The molecule has 2 heterocycles. The van der Waals surface area contributed by atoms with Crippen molar-refractivity contribution in [1.82, 2.24) is 4.90 Å². The lowest BCUT2D eigenvalue weighted by Crippen LogP contribution is -2.28. The average molecular weight is 181 g/mol. The monoisotopic (exact) mass is 181 g/mol. The molecule has 2 heteroatoms. The summed E-state index contributed by atoms with van der Waals surface area (Å²) in [6.07, 6.45) is 1.24. The Hall–Kier alpha value is -0.340. The number of likely N-dealkylation sites (N-methyl/N-ethyl adjacent to an activating group) is 1. The SMILES string of the molecule is Cc1cc2c(s1)C(C)N(C)CC2. The topological polar surface area (TPSA) is 3.24 Å². The molecule has 1 unspecified atom stereocenters. The van der Waals surface area contributed by atoms with Crippen LogP contribution in [0, 0.1) is 6.92 Å². The fourth-order valence-electron chi connectivity index (χ4n) is 1.82. The number of aryl methyl sites for hydroxylation is 1. The highest BCUT2D eigenvalue weighted by molar-refractivity contribution is 7.12. The van der Waals surface area contributed by atoms with Gasteiger partial charge in [-0.3, -0.25) is 4.90 Å². The first-order valence-electron chi connectivity index (χ1n) is 4.48. The maximum Gasteiger partial charge on any atom is 0.0413 e. The molecule has 1 aromatic rings. The predicted octanol–water partition coefficient (Wildman–Crippen LogP) is 2.61. The molecule has 0 radical (unpaired) electrons. The van der Waals surface area contributed by atoms with E-state index in [2.05, 4.69) is 31.9 Å². The van der Waals surface area contributed by atoms with Crippen LogP contribution in [0.1, 0.15) is 28.3 Å². The zero-order chi connectivity index (χ0) is 8.72. The molecule has 0 saturated heterocycles. The molecule has 1 nitrogen and oxygen atoms in total. The van der Waals surface area contributed by atoms with Gasteiger partial charge in [-0.05, 0) is 38.9 Å². The molecule has 0 aliphatic carbocycles. The summed E-state index contributed by atoms with van der Waals surface area (Å²) in [5.74, 6) is 0. The molecule has 0 N–H and O–H groups in total. The quantitative estimate of drug-likeness (QED) is 0.594. The van der Waals surface area contributed by atoms with Crippen molar-refractivity contribution in [2.75, 3.05) is 13.6 Å². The molecule has 0 bridgehead atoms. The van der Waals surface area contributed by atoms with Crippen LogP contribution in [0.5, 0.6) is 0 Å². The molecule has 1 aliphatic heterocycles. The summed E-state index contributed by atoms with van der Waals surface area (Å²) in [5.41, 5.74) is 1.59. The van der Waals surface area contributed by atoms with E-state index in [1.807, 2.05) is 11.3 Å². The summed E-state index contributed by atoms with van der Waals surface area (Å²) < 4.78 is 0. The molecule has 2 rings (SSSR count). The maximum atomic E-state index is 2.43. The van der Waals surface area contributed by atoms with Gasteiger partial charge in [0.15, 0.2) is 0 Å². The van der Waals surface area contributed by atoms with Crippen LogP contribution in [0.2, 0.25) is 0 Å². The van der Waals surface area contributed by atoms with Crippen molar-refractivity contribution in [2.45, 2.75) is 26.3 Å². The van der Waals surface area contributed by atoms with E-state index >= 15 is 0 Å². The van der Waals surface area contributed by atoms with Crippen LogP contribution in [0.25, 0.3) is 0 Å². The van der Waals surface area contributed by atoms with E-state index in [1.54, 1.807) is 10.4 Å².